The molecule has 0 spiro atoms. The molecule has 2 aliphatic rings. The van der Waals surface area contributed by atoms with Gasteiger partial charge in [0.2, 0.25) is 11.8 Å². The summed E-state index contributed by atoms with van der Waals surface area (Å²) in [6.07, 6.45) is 0. The van der Waals surface area contributed by atoms with E-state index in [9.17, 15) is 28.0 Å². The van der Waals surface area contributed by atoms with Crippen LogP contribution in [-0.4, -0.2) is 81.0 Å². The first kappa shape index (κ1) is 28.1. The van der Waals surface area contributed by atoms with Crippen LogP contribution in [0.1, 0.15) is 27.0 Å². The molecule has 2 aromatic carbocycles. The molecule has 1 saturated heterocycles. The van der Waals surface area contributed by atoms with Crippen LogP contribution in [-0.2, 0) is 32.2 Å². The Morgan fingerprint density at radius 1 is 1.03 bits per heavy atom. The SMILES string of the molecule is [B]C1C([B])([B])C(=O)NC(=O)C1([B])N1Cc2cc(C([B])([B])NC(=O)C(F)(F)c3ccc(Cl)cc3)ccc2C1=O. The third-order valence-electron chi connectivity index (χ3n) is 6.62. The van der Waals surface area contributed by atoms with Crippen LogP contribution >= 0.6 is 11.6 Å². The maximum absolute atomic E-state index is 14.7. The number of amides is 4. The van der Waals surface area contributed by atoms with Crippen LogP contribution in [0.15, 0.2) is 42.5 Å². The summed E-state index contributed by atoms with van der Waals surface area (Å²) in [7, 11) is 35.7. The molecule has 178 valence electrons. The Kier molecular flexibility index (Phi) is 6.70. The van der Waals surface area contributed by atoms with E-state index >= 15 is 0 Å². The van der Waals surface area contributed by atoms with Gasteiger partial charge in [0.15, 0.2) is 0 Å². The minimum absolute atomic E-state index is 0.0451. The first-order valence-corrected chi connectivity index (χ1v) is 11.3. The minimum atomic E-state index is -4.01. The molecule has 4 amide bonds. The standard InChI is InChI=1S/C22H12B6ClF2N3O4/c23-15-19(24,25)16(36)32-17(37)20(15,26)34-8-9-7-11(3-6-13(9)14(34)35)22(27,28)33-18(38)21(30,31)10-1-4-12(29)5-2-10/h1-7,15H,8H2,(H,33,38)(H,32,36,37). The van der Waals surface area contributed by atoms with E-state index in [0.717, 1.165) is 17.0 Å². The number of nitrogens with one attached hydrogen (secondary N) is 2. The van der Waals surface area contributed by atoms with Gasteiger partial charge in [-0.2, -0.15) is 8.78 Å². The van der Waals surface area contributed by atoms with Crippen LogP contribution in [0.25, 0.3) is 0 Å². The number of hydrogen-bond acceptors (Lipinski definition) is 4. The zero-order valence-corrected chi connectivity index (χ0v) is 20.3. The van der Waals surface area contributed by atoms with E-state index in [1.165, 1.54) is 30.3 Å². The van der Waals surface area contributed by atoms with E-state index in [4.69, 9.17) is 58.7 Å². The fourth-order valence-electron chi connectivity index (χ4n) is 4.25. The van der Waals surface area contributed by atoms with Crippen molar-refractivity contribution in [2.75, 3.05) is 0 Å². The molecule has 16 heteroatoms. The Hall–Kier alpha value is -2.94. The summed E-state index contributed by atoms with van der Waals surface area (Å²) in [6, 6.07) is 8.09. The van der Waals surface area contributed by atoms with Crippen molar-refractivity contribution >= 4 is 82.3 Å². The van der Waals surface area contributed by atoms with E-state index in [1.54, 1.807) is 0 Å². The Labute approximate surface area is 229 Å². The molecule has 7 nitrogen and oxygen atoms in total. The zero-order chi connectivity index (χ0) is 28.4. The van der Waals surface area contributed by atoms with E-state index in [-0.39, 0.29) is 28.3 Å². The number of fused-ring (bicyclic) bond motifs is 1. The number of halogens is 3. The first-order chi connectivity index (χ1) is 17.4. The second-order valence-corrected chi connectivity index (χ2v) is 9.62. The number of alkyl halides is 2. The second kappa shape index (κ2) is 9.07. The number of nitrogens with zero attached hydrogens (tertiary/aromatic N) is 1. The van der Waals surface area contributed by atoms with Crippen molar-refractivity contribution in [1.82, 2.24) is 15.5 Å². The summed E-state index contributed by atoms with van der Waals surface area (Å²) in [5.74, 6) is -10.4. The van der Waals surface area contributed by atoms with E-state index in [2.05, 4.69) is 0 Å². The van der Waals surface area contributed by atoms with Gasteiger partial charge in [0.1, 0.15) is 7.85 Å². The average Bonchev–Trinajstić information content (AvgIpc) is 3.18. The Bertz CT molecular complexity index is 1380. The van der Waals surface area contributed by atoms with Gasteiger partial charge in [0.25, 0.3) is 11.8 Å². The van der Waals surface area contributed by atoms with Gasteiger partial charge in [0, 0.05) is 22.7 Å². The van der Waals surface area contributed by atoms with Crippen molar-refractivity contribution in [2.45, 2.75) is 34.3 Å². The fourth-order valence-corrected chi connectivity index (χ4v) is 4.38. The smallest absolute Gasteiger partial charge is 0.349 e. The predicted octanol–water partition coefficient (Wildman–Crippen LogP) is -0.417. The number of benzene rings is 2. The van der Waals surface area contributed by atoms with Gasteiger partial charge in [-0.1, -0.05) is 41.7 Å². The molecule has 2 heterocycles. The molecule has 2 atom stereocenters. The molecular formula is C22H12B6ClF2N3O4. The van der Waals surface area contributed by atoms with Crippen LogP contribution < -0.4 is 10.6 Å². The molecule has 2 N–H and O–H groups in total. The highest BCUT2D eigenvalue weighted by Crippen LogP contribution is 2.47. The monoisotopic (exact) mass is 521 g/mol. The van der Waals surface area contributed by atoms with Crippen molar-refractivity contribution in [2.24, 2.45) is 0 Å². The highest BCUT2D eigenvalue weighted by Gasteiger charge is 2.57. The molecule has 0 aliphatic carbocycles. The van der Waals surface area contributed by atoms with Crippen molar-refractivity contribution < 1.29 is 28.0 Å². The lowest BCUT2D eigenvalue weighted by atomic mass is 9.35. The number of imide groups is 1. The molecule has 0 bridgehead atoms. The third-order valence-corrected chi connectivity index (χ3v) is 6.87. The summed E-state index contributed by atoms with van der Waals surface area (Å²) >= 11 is 5.71. The molecule has 2 unspecified atom stereocenters. The second-order valence-electron chi connectivity index (χ2n) is 9.19. The zero-order valence-electron chi connectivity index (χ0n) is 19.5. The van der Waals surface area contributed by atoms with Crippen molar-refractivity contribution in [1.29, 1.82) is 0 Å². The maximum Gasteiger partial charge on any atom is 0.349 e. The lowest BCUT2D eigenvalue weighted by Crippen LogP contribution is -2.70. The highest BCUT2D eigenvalue weighted by atomic mass is 35.5. The lowest BCUT2D eigenvalue weighted by molar-refractivity contribution is -0.147. The summed E-state index contributed by atoms with van der Waals surface area (Å²) in [5.41, 5.74) is -2.77. The van der Waals surface area contributed by atoms with E-state index in [1.807, 2.05) is 10.6 Å². The molecule has 2 aliphatic heterocycles. The first-order valence-electron chi connectivity index (χ1n) is 10.9. The Balaban J connectivity index is 1.60. The Morgan fingerprint density at radius 2 is 1.61 bits per heavy atom. The number of hydrogen-bond donors (Lipinski definition) is 2. The van der Waals surface area contributed by atoms with E-state index < -0.39 is 56.9 Å². The molecule has 38 heavy (non-hydrogen) atoms. The number of carbonyl (C=O) groups excluding carboxylic acids is 4. The summed E-state index contributed by atoms with van der Waals surface area (Å²) in [5, 5.41) is -0.597. The quantitative estimate of drug-likeness (QED) is 0.414. The molecule has 0 saturated carbocycles. The Morgan fingerprint density at radius 3 is 2.21 bits per heavy atom. The van der Waals surface area contributed by atoms with E-state index in [0.29, 0.717) is 0 Å². The molecule has 4 rings (SSSR count). The highest BCUT2D eigenvalue weighted by molar-refractivity contribution is 6.58. The van der Waals surface area contributed by atoms with Gasteiger partial charge < -0.3 is 10.2 Å². The van der Waals surface area contributed by atoms with Gasteiger partial charge in [0.05, 0.1) is 44.7 Å². The molecule has 1 fully saturated rings. The third kappa shape index (κ3) is 4.28. The predicted molar refractivity (Wildman–Crippen MR) is 138 cm³/mol. The van der Waals surface area contributed by atoms with Crippen molar-refractivity contribution in [3.05, 3.63) is 69.7 Å². The van der Waals surface area contributed by atoms with Crippen LogP contribution in [0.4, 0.5) is 8.78 Å². The number of rotatable bonds is 5. The number of piperidine rings is 1. The van der Waals surface area contributed by atoms with Gasteiger partial charge >= 0.3 is 5.92 Å². The minimum Gasteiger partial charge on any atom is -0.358 e. The average molecular weight is 521 g/mol. The molecular weight excluding hydrogens is 509 g/mol. The largest absolute Gasteiger partial charge is 0.358 e. The maximum atomic E-state index is 14.7. The van der Waals surface area contributed by atoms with Crippen molar-refractivity contribution in [3.63, 3.8) is 0 Å². The number of carbonyl (C=O) groups is 4. The lowest BCUT2D eigenvalue weighted by Gasteiger charge is -2.52. The van der Waals surface area contributed by atoms with Crippen LogP contribution in [0.2, 0.25) is 16.1 Å². The fraction of sp³-hybridized carbons (Fsp3) is 0.273. The van der Waals surface area contributed by atoms with Gasteiger partial charge in [-0.15, -0.1) is 0 Å². The summed E-state index contributed by atoms with van der Waals surface area (Å²) < 4.78 is 29.5. The molecule has 2 aromatic rings. The summed E-state index contributed by atoms with van der Waals surface area (Å²) in [4.78, 5) is 51.1. The van der Waals surface area contributed by atoms with Crippen molar-refractivity contribution in [3.8, 4) is 0 Å². The van der Waals surface area contributed by atoms with Crippen LogP contribution in [0.5, 0.6) is 0 Å². The van der Waals surface area contributed by atoms with Gasteiger partial charge in [-0.25, -0.2) is 0 Å². The van der Waals surface area contributed by atoms with Gasteiger partial charge in [-0.05, 0) is 39.9 Å². The molecule has 12 radical (unpaired) electrons. The normalized spacial score (nSPS) is 23.1. The van der Waals surface area contributed by atoms with Crippen LogP contribution in [0.3, 0.4) is 0 Å². The topological polar surface area (TPSA) is 95.6 Å². The van der Waals surface area contributed by atoms with Gasteiger partial charge in [-0.3, -0.25) is 24.5 Å². The van der Waals surface area contributed by atoms with Crippen LogP contribution in [0, 0.1) is 0 Å². The molecule has 0 aromatic heterocycles. The summed E-state index contributed by atoms with van der Waals surface area (Å²) in [6.45, 7) is -0.338.